The molecule has 0 aliphatic carbocycles. The van der Waals surface area contributed by atoms with E-state index >= 15 is 0 Å². The van der Waals surface area contributed by atoms with Crippen LogP contribution in [0.3, 0.4) is 0 Å². The molecule has 1 atom stereocenters. The van der Waals surface area contributed by atoms with Crippen molar-refractivity contribution in [2.45, 2.75) is 18.6 Å². The fourth-order valence-electron chi connectivity index (χ4n) is 1.76. The molecule has 2 nitrogen and oxygen atoms in total. The molecule has 0 aliphatic rings. The van der Waals surface area contributed by atoms with Gasteiger partial charge < -0.3 is 5.32 Å². The SMILES string of the molecule is CNC(Cc1cccs1)c1ccc(C(F)(F)F)cn1. The number of nitrogens with one attached hydrogen (secondary N) is 1. The molecular weight excluding hydrogens is 273 g/mol. The second-order valence-corrected chi connectivity index (χ2v) is 5.13. The van der Waals surface area contributed by atoms with Gasteiger partial charge in [0.2, 0.25) is 0 Å². The third-order valence-corrected chi connectivity index (χ3v) is 3.70. The minimum absolute atomic E-state index is 0.0825. The van der Waals surface area contributed by atoms with Gasteiger partial charge >= 0.3 is 6.18 Å². The fraction of sp³-hybridized carbons (Fsp3) is 0.308. The average molecular weight is 286 g/mol. The third kappa shape index (κ3) is 3.54. The molecule has 102 valence electrons. The Bertz CT molecular complexity index is 506. The minimum Gasteiger partial charge on any atom is -0.311 e. The molecule has 2 rings (SSSR count). The van der Waals surface area contributed by atoms with Crippen molar-refractivity contribution in [3.8, 4) is 0 Å². The van der Waals surface area contributed by atoms with Crippen molar-refractivity contribution < 1.29 is 13.2 Å². The van der Waals surface area contributed by atoms with Gasteiger partial charge in [0.25, 0.3) is 0 Å². The van der Waals surface area contributed by atoms with Crippen LogP contribution < -0.4 is 5.32 Å². The van der Waals surface area contributed by atoms with Crippen LogP contribution in [0.1, 0.15) is 22.2 Å². The van der Waals surface area contributed by atoms with Crippen molar-refractivity contribution >= 4 is 11.3 Å². The zero-order valence-electron chi connectivity index (χ0n) is 10.2. The molecule has 1 unspecified atom stereocenters. The lowest BCUT2D eigenvalue weighted by molar-refractivity contribution is -0.137. The highest BCUT2D eigenvalue weighted by molar-refractivity contribution is 7.09. The number of alkyl halides is 3. The minimum atomic E-state index is -4.34. The third-order valence-electron chi connectivity index (χ3n) is 2.80. The molecule has 1 N–H and O–H groups in total. The van der Waals surface area contributed by atoms with Gasteiger partial charge in [-0.2, -0.15) is 13.2 Å². The van der Waals surface area contributed by atoms with Gasteiger partial charge in [-0.1, -0.05) is 6.07 Å². The summed E-state index contributed by atoms with van der Waals surface area (Å²) in [7, 11) is 1.78. The average Bonchev–Trinajstić information content (AvgIpc) is 2.88. The summed E-state index contributed by atoms with van der Waals surface area (Å²) >= 11 is 1.62. The topological polar surface area (TPSA) is 24.9 Å². The fourth-order valence-corrected chi connectivity index (χ4v) is 2.52. The Kier molecular flexibility index (Phi) is 4.21. The summed E-state index contributed by atoms with van der Waals surface area (Å²) in [5.74, 6) is 0. The smallest absolute Gasteiger partial charge is 0.311 e. The van der Waals surface area contributed by atoms with Gasteiger partial charge in [-0.25, -0.2) is 0 Å². The van der Waals surface area contributed by atoms with E-state index in [1.165, 1.54) is 10.9 Å². The molecule has 0 saturated carbocycles. The van der Waals surface area contributed by atoms with Gasteiger partial charge in [-0.15, -0.1) is 11.3 Å². The molecule has 2 heterocycles. The second-order valence-electron chi connectivity index (χ2n) is 4.09. The van der Waals surface area contributed by atoms with Gasteiger partial charge in [0.05, 0.1) is 17.3 Å². The van der Waals surface area contributed by atoms with Crippen LogP contribution in [0.25, 0.3) is 0 Å². The predicted octanol–water partition coefficient (Wildman–Crippen LogP) is 3.67. The molecule has 0 saturated heterocycles. The van der Waals surface area contributed by atoms with E-state index in [2.05, 4.69) is 10.3 Å². The van der Waals surface area contributed by atoms with Crippen LogP contribution in [0.4, 0.5) is 13.2 Å². The summed E-state index contributed by atoms with van der Waals surface area (Å²) in [4.78, 5) is 5.09. The Hall–Kier alpha value is -1.40. The first-order valence-electron chi connectivity index (χ1n) is 5.73. The number of nitrogens with zero attached hydrogens (tertiary/aromatic N) is 1. The zero-order valence-corrected chi connectivity index (χ0v) is 11.1. The number of rotatable bonds is 4. The second kappa shape index (κ2) is 5.71. The van der Waals surface area contributed by atoms with E-state index < -0.39 is 11.7 Å². The Balaban J connectivity index is 2.15. The van der Waals surface area contributed by atoms with E-state index in [4.69, 9.17) is 0 Å². The van der Waals surface area contributed by atoms with Crippen LogP contribution in [0.5, 0.6) is 0 Å². The number of halogens is 3. The molecule has 0 spiro atoms. The largest absolute Gasteiger partial charge is 0.417 e. The lowest BCUT2D eigenvalue weighted by Gasteiger charge is -2.15. The van der Waals surface area contributed by atoms with Gasteiger partial charge in [0.1, 0.15) is 0 Å². The Labute approximate surface area is 113 Å². The Morgan fingerprint density at radius 3 is 2.58 bits per heavy atom. The van der Waals surface area contributed by atoms with E-state index in [0.29, 0.717) is 12.1 Å². The quantitative estimate of drug-likeness (QED) is 0.927. The van der Waals surface area contributed by atoms with E-state index in [0.717, 1.165) is 12.3 Å². The van der Waals surface area contributed by atoms with E-state index in [-0.39, 0.29) is 6.04 Å². The highest BCUT2D eigenvalue weighted by atomic mass is 32.1. The van der Waals surface area contributed by atoms with Crippen molar-refractivity contribution in [3.05, 3.63) is 52.0 Å². The number of hydrogen-bond donors (Lipinski definition) is 1. The van der Waals surface area contributed by atoms with Gasteiger partial charge in [0, 0.05) is 17.5 Å². The van der Waals surface area contributed by atoms with Crippen molar-refractivity contribution in [1.29, 1.82) is 0 Å². The van der Waals surface area contributed by atoms with Crippen LogP contribution in [-0.4, -0.2) is 12.0 Å². The van der Waals surface area contributed by atoms with E-state index in [1.54, 1.807) is 18.4 Å². The summed E-state index contributed by atoms with van der Waals surface area (Å²) in [5.41, 5.74) is -0.105. The first kappa shape index (κ1) is 14.0. The maximum Gasteiger partial charge on any atom is 0.417 e. The molecule has 0 radical (unpaired) electrons. The maximum absolute atomic E-state index is 12.5. The predicted molar refractivity (Wildman–Crippen MR) is 69.1 cm³/mol. The summed E-state index contributed by atoms with van der Waals surface area (Å²) in [6, 6.07) is 6.37. The highest BCUT2D eigenvalue weighted by Gasteiger charge is 2.30. The van der Waals surface area contributed by atoms with Gasteiger partial charge in [-0.3, -0.25) is 4.98 Å². The van der Waals surface area contributed by atoms with E-state index in [1.807, 2.05) is 17.5 Å². The summed E-state index contributed by atoms with van der Waals surface area (Å²) < 4.78 is 37.4. The molecule has 0 aliphatic heterocycles. The molecule has 2 aromatic heterocycles. The molecule has 19 heavy (non-hydrogen) atoms. The van der Waals surface area contributed by atoms with Crippen LogP contribution in [-0.2, 0) is 12.6 Å². The molecule has 0 amide bonds. The van der Waals surface area contributed by atoms with Crippen LogP contribution in [0.2, 0.25) is 0 Å². The van der Waals surface area contributed by atoms with Crippen molar-refractivity contribution in [2.75, 3.05) is 7.05 Å². The van der Waals surface area contributed by atoms with Crippen LogP contribution in [0.15, 0.2) is 35.8 Å². The number of thiophene rings is 1. The van der Waals surface area contributed by atoms with Crippen molar-refractivity contribution in [1.82, 2.24) is 10.3 Å². The van der Waals surface area contributed by atoms with Crippen molar-refractivity contribution in [2.24, 2.45) is 0 Å². The monoisotopic (exact) mass is 286 g/mol. The maximum atomic E-state index is 12.5. The lowest BCUT2D eigenvalue weighted by atomic mass is 10.1. The number of aromatic nitrogens is 1. The van der Waals surface area contributed by atoms with Gasteiger partial charge in [-0.05, 0) is 30.6 Å². The number of likely N-dealkylation sites (N-methyl/N-ethyl adjacent to an activating group) is 1. The summed E-state index contributed by atoms with van der Waals surface area (Å²) in [5, 5.41) is 5.05. The Morgan fingerprint density at radius 2 is 2.11 bits per heavy atom. The van der Waals surface area contributed by atoms with E-state index in [9.17, 15) is 13.2 Å². The first-order chi connectivity index (χ1) is 9.00. The summed E-state index contributed by atoms with van der Waals surface area (Å²) in [6.07, 6.45) is -2.74. The molecule has 6 heteroatoms. The number of pyridine rings is 1. The molecule has 0 bridgehead atoms. The normalized spacial score (nSPS) is 13.5. The molecule has 0 fully saturated rings. The first-order valence-corrected chi connectivity index (χ1v) is 6.61. The van der Waals surface area contributed by atoms with Crippen LogP contribution >= 0.6 is 11.3 Å². The molecular formula is C13H13F3N2S. The standard InChI is InChI=1S/C13H13F3N2S/c1-17-12(7-10-3-2-6-19-10)11-5-4-9(8-18-11)13(14,15)16/h2-6,8,12,17H,7H2,1H3. The Morgan fingerprint density at radius 1 is 1.32 bits per heavy atom. The van der Waals surface area contributed by atoms with Gasteiger partial charge in [0.15, 0.2) is 0 Å². The van der Waals surface area contributed by atoms with Crippen LogP contribution in [0, 0.1) is 0 Å². The zero-order chi connectivity index (χ0) is 13.9. The number of hydrogen-bond acceptors (Lipinski definition) is 3. The van der Waals surface area contributed by atoms with Crippen molar-refractivity contribution in [3.63, 3.8) is 0 Å². The molecule has 2 aromatic rings. The summed E-state index contributed by atoms with van der Waals surface area (Å²) in [6.45, 7) is 0. The highest BCUT2D eigenvalue weighted by Crippen LogP contribution is 2.29. The molecule has 0 aromatic carbocycles. The lowest BCUT2D eigenvalue weighted by Crippen LogP contribution is -2.20.